The number of hydrogen-bond acceptors (Lipinski definition) is 4. The van der Waals surface area contributed by atoms with E-state index in [1.165, 1.54) is 57.8 Å². The van der Waals surface area contributed by atoms with Crippen molar-refractivity contribution >= 4 is 28.4 Å². The summed E-state index contributed by atoms with van der Waals surface area (Å²) < 4.78 is 1.64. The van der Waals surface area contributed by atoms with Crippen LogP contribution in [0.2, 0.25) is 5.02 Å². The Bertz CT molecular complexity index is 1030. The minimum Gasteiger partial charge on any atom is -0.340 e. The number of amides is 1. The molecule has 0 saturated carbocycles. The first-order valence-corrected chi connectivity index (χ1v) is 14.5. The maximum Gasteiger partial charge on any atom is 0.261 e. The zero-order valence-corrected chi connectivity index (χ0v) is 23.4. The number of fused-ring (bicyclic) bond motifs is 1. The molecule has 1 aromatic carbocycles. The zero-order chi connectivity index (χ0) is 25.9. The van der Waals surface area contributed by atoms with E-state index in [0.717, 1.165) is 44.8 Å². The predicted molar refractivity (Wildman–Crippen MR) is 150 cm³/mol. The fourth-order valence-electron chi connectivity index (χ4n) is 5.26. The van der Waals surface area contributed by atoms with E-state index < -0.39 is 0 Å². The van der Waals surface area contributed by atoms with Crippen LogP contribution in [0, 0.1) is 0 Å². The summed E-state index contributed by atoms with van der Waals surface area (Å²) in [5.41, 5.74) is 0.576. The van der Waals surface area contributed by atoms with Gasteiger partial charge in [-0.2, -0.15) is 0 Å². The van der Waals surface area contributed by atoms with Crippen molar-refractivity contribution in [3.63, 3.8) is 0 Å². The maximum absolute atomic E-state index is 12.8. The molecule has 1 saturated heterocycles. The molecule has 0 N–H and O–H groups in total. The van der Waals surface area contributed by atoms with E-state index in [2.05, 4.69) is 18.7 Å². The summed E-state index contributed by atoms with van der Waals surface area (Å²) in [4.78, 5) is 34.7. The largest absolute Gasteiger partial charge is 0.340 e. The molecule has 1 atom stereocenters. The number of aromatic nitrogens is 2. The number of halogens is 1. The number of nitrogens with zero attached hydrogens (tertiary/aromatic N) is 4. The van der Waals surface area contributed by atoms with E-state index in [-0.39, 0.29) is 17.5 Å². The molecule has 36 heavy (non-hydrogen) atoms. The summed E-state index contributed by atoms with van der Waals surface area (Å²) in [6, 6.07) is 5.19. The van der Waals surface area contributed by atoms with Gasteiger partial charge < -0.3 is 4.90 Å². The van der Waals surface area contributed by atoms with Crippen molar-refractivity contribution in [1.82, 2.24) is 19.4 Å². The number of benzene rings is 1. The Morgan fingerprint density at radius 3 is 2.14 bits per heavy atom. The average Bonchev–Trinajstić information content (AvgIpc) is 2.88. The van der Waals surface area contributed by atoms with Crippen LogP contribution in [0.15, 0.2) is 23.0 Å². The summed E-state index contributed by atoms with van der Waals surface area (Å²) in [6.07, 6.45) is 14.9. The minimum absolute atomic E-state index is 0.0185. The van der Waals surface area contributed by atoms with Gasteiger partial charge in [-0.05, 0) is 31.5 Å². The Balaban J connectivity index is 1.37. The molecule has 1 aromatic heterocycles. The van der Waals surface area contributed by atoms with Gasteiger partial charge in [-0.3, -0.25) is 19.1 Å². The van der Waals surface area contributed by atoms with E-state index >= 15 is 0 Å². The van der Waals surface area contributed by atoms with Crippen molar-refractivity contribution in [2.75, 3.05) is 26.2 Å². The second-order valence-corrected chi connectivity index (χ2v) is 10.8. The first kappa shape index (κ1) is 28.6. The van der Waals surface area contributed by atoms with E-state index in [1.807, 2.05) is 4.90 Å². The van der Waals surface area contributed by atoms with Crippen LogP contribution >= 0.6 is 11.6 Å². The van der Waals surface area contributed by atoms with E-state index in [1.54, 1.807) is 29.8 Å². The lowest BCUT2D eigenvalue weighted by molar-refractivity contribution is -0.133. The van der Waals surface area contributed by atoms with Crippen molar-refractivity contribution in [2.24, 2.45) is 7.05 Å². The summed E-state index contributed by atoms with van der Waals surface area (Å²) in [5.74, 6) is 1.01. The first-order valence-electron chi connectivity index (χ1n) is 14.1. The van der Waals surface area contributed by atoms with Crippen LogP contribution in [0.3, 0.4) is 0 Å². The molecule has 3 rings (SSSR count). The van der Waals surface area contributed by atoms with Gasteiger partial charge in [-0.15, -0.1) is 0 Å². The van der Waals surface area contributed by atoms with Gasteiger partial charge in [-0.25, -0.2) is 4.98 Å². The van der Waals surface area contributed by atoms with Crippen LogP contribution in [-0.2, 0) is 11.8 Å². The van der Waals surface area contributed by atoms with Gasteiger partial charge in [-0.1, -0.05) is 82.7 Å². The highest BCUT2D eigenvalue weighted by Crippen LogP contribution is 2.23. The van der Waals surface area contributed by atoms with Gasteiger partial charge in [0.05, 0.1) is 16.9 Å². The molecule has 1 aliphatic rings. The first-order chi connectivity index (χ1) is 17.4. The summed E-state index contributed by atoms with van der Waals surface area (Å²) in [7, 11) is 1.78. The molecule has 0 radical (unpaired) electrons. The lowest BCUT2D eigenvalue weighted by atomic mass is 10.0. The quantitative estimate of drug-likeness (QED) is 0.269. The SMILES string of the molecule is CCCCCCCCCCCCCC(=O)N1CCN(C(C)c2nc3cc(Cl)ccc3c(=O)n2C)CC1. The number of carbonyl (C=O) groups excluding carboxylic acids is 1. The van der Waals surface area contributed by atoms with Crippen molar-refractivity contribution < 1.29 is 4.79 Å². The smallest absolute Gasteiger partial charge is 0.261 e. The lowest BCUT2D eigenvalue weighted by Crippen LogP contribution is -2.49. The monoisotopic (exact) mass is 516 g/mol. The fourth-order valence-corrected chi connectivity index (χ4v) is 5.42. The highest BCUT2D eigenvalue weighted by atomic mass is 35.5. The predicted octanol–water partition coefficient (Wildman–Crippen LogP) is 6.49. The van der Waals surface area contributed by atoms with Crippen LogP contribution in [-0.4, -0.2) is 51.4 Å². The summed E-state index contributed by atoms with van der Waals surface area (Å²) >= 11 is 6.13. The van der Waals surface area contributed by atoms with Gasteiger partial charge >= 0.3 is 0 Å². The zero-order valence-electron chi connectivity index (χ0n) is 22.6. The van der Waals surface area contributed by atoms with Gasteiger partial charge in [0.1, 0.15) is 5.82 Å². The maximum atomic E-state index is 12.8. The van der Waals surface area contributed by atoms with Crippen LogP contribution in [0.25, 0.3) is 10.9 Å². The standard InChI is InChI=1S/C29H45ClN4O2/c1-4-5-6-7-8-9-10-11-12-13-14-15-27(35)34-20-18-33(19-21-34)23(2)28-31-26-22-24(30)16-17-25(26)29(36)32(28)3/h16-17,22-23H,4-15,18-21H2,1-3H3. The van der Waals surface area contributed by atoms with E-state index in [9.17, 15) is 9.59 Å². The van der Waals surface area contributed by atoms with Crippen molar-refractivity contribution in [3.05, 3.63) is 39.4 Å². The minimum atomic E-state index is -0.0562. The number of unbranched alkanes of at least 4 members (excludes halogenated alkanes) is 10. The van der Waals surface area contributed by atoms with Crippen molar-refractivity contribution in [1.29, 1.82) is 0 Å². The Morgan fingerprint density at radius 2 is 1.53 bits per heavy atom. The third-order valence-electron chi connectivity index (χ3n) is 7.66. The molecule has 200 valence electrons. The Kier molecular flexibility index (Phi) is 11.7. The van der Waals surface area contributed by atoms with E-state index in [0.29, 0.717) is 22.3 Å². The van der Waals surface area contributed by atoms with Gasteiger partial charge in [0.2, 0.25) is 5.91 Å². The third kappa shape index (κ3) is 8.04. The molecule has 7 heteroatoms. The molecular weight excluding hydrogens is 472 g/mol. The van der Waals surface area contributed by atoms with Crippen LogP contribution < -0.4 is 5.56 Å². The molecule has 0 aliphatic carbocycles. The molecule has 1 unspecified atom stereocenters. The molecule has 6 nitrogen and oxygen atoms in total. The van der Waals surface area contributed by atoms with Crippen LogP contribution in [0.1, 0.15) is 103 Å². The second-order valence-electron chi connectivity index (χ2n) is 10.4. The summed E-state index contributed by atoms with van der Waals surface area (Å²) in [6.45, 7) is 7.38. The average molecular weight is 517 g/mol. The Labute approximate surface area is 222 Å². The number of piperazine rings is 1. The summed E-state index contributed by atoms with van der Waals surface area (Å²) in [5, 5.41) is 1.16. The number of carbonyl (C=O) groups is 1. The molecule has 1 aliphatic heterocycles. The van der Waals surface area contributed by atoms with Crippen LogP contribution in [0.5, 0.6) is 0 Å². The molecule has 0 bridgehead atoms. The number of rotatable bonds is 14. The molecular formula is C29H45ClN4O2. The normalized spacial score (nSPS) is 15.5. The molecule has 2 aromatic rings. The van der Waals surface area contributed by atoms with Gasteiger partial charge in [0.25, 0.3) is 5.56 Å². The van der Waals surface area contributed by atoms with Crippen molar-refractivity contribution in [3.8, 4) is 0 Å². The van der Waals surface area contributed by atoms with Gasteiger partial charge in [0.15, 0.2) is 0 Å². The highest BCUT2D eigenvalue weighted by Gasteiger charge is 2.27. The second kappa shape index (κ2) is 14.7. The van der Waals surface area contributed by atoms with Gasteiger partial charge in [0, 0.05) is 44.7 Å². The third-order valence-corrected chi connectivity index (χ3v) is 7.89. The Hall–Kier alpha value is -1.92. The molecule has 2 heterocycles. The Morgan fingerprint density at radius 1 is 0.944 bits per heavy atom. The highest BCUT2D eigenvalue weighted by molar-refractivity contribution is 6.31. The van der Waals surface area contributed by atoms with Crippen molar-refractivity contribution in [2.45, 2.75) is 96.9 Å². The molecule has 0 spiro atoms. The number of hydrogen-bond donors (Lipinski definition) is 0. The lowest BCUT2D eigenvalue weighted by Gasteiger charge is -2.38. The topological polar surface area (TPSA) is 58.4 Å². The molecule has 1 fully saturated rings. The molecule has 1 amide bonds. The van der Waals surface area contributed by atoms with E-state index in [4.69, 9.17) is 16.6 Å². The fraction of sp³-hybridized carbons (Fsp3) is 0.690. The van der Waals surface area contributed by atoms with Crippen LogP contribution in [0.4, 0.5) is 0 Å².